The highest BCUT2D eigenvalue weighted by molar-refractivity contribution is 6.22. The monoisotopic (exact) mass is 520 g/mol. The molecule has 4 unspecified atom stereocenters. The van der Waals surface area contributed by atoms with Crippen LogP contribution in [0.25, 0.3) is 0 Å². The van der Waals surface area contributed by atoms with Crippen molar-refractivity contribution in [2.45, 2.75) is 101 Å². The summed E-state index contributed by atoms with van der Waals surface area (Å²) in [5, 5.41) is 36.0. The molecule has 0 spiro atoms. The summed E-state index contributed by atoms with van der Waals surface area (Å²) in [5.41, 5.74) is -3.64. The normalized spacial score (nSPS) is 57.9. The second-order valence-corrected chi connectivity index (χ2v) is 13.4. The molecule has 2 aliphatic heterocycles. The van der Waals surface area contributed by atoms with Crippen molar-refractivity contribution in [1.82, 2.24) is 0 Å². The first-order valence-corrected chi connectivity index (χ1v) is 13.7. The molecule has 0 aromatic carbocycles. The Morgan fingerprint density at radius 3 is 2.42 bits per heavy atom. The van der Waals surface area contributed by atoms with Crippen LogP contribution in [0.2, 0.25) is 0 Å². The molecule has 2 heterocycles. The third-order valence-corrected chi connectivity index (χ3v) is 12.6. The Morgan fingerprint density at radius 1 is 1.08 bits per heavy atom. The molecule has 12 atom stereocenters. The minimum absolute atomic E-state index is 0.0620. The highest BCUT2D eigenvalue weighted by atomic mass is 35.5. The molecule has 6 aliphatic rings. The topological polar surface area (TPSA) is 113 Å². The summed E-state index contributed by atoms with van der Waals surface area (Å²) in [5.74, 6) is -3.39. The minimum atomic E-state index is -1.78. The van der Waals surface area contributed by atoms with Gasteiger partial charge in [0, 0.05) is 17.9 Å². The molecule has 198 valence electrons. The molecule has 0 aromatic heterocycles. The third kappa shape index (κ3) is 2.51. The molecule has 3 saturated carbocycles. The summed E-state index contributed by atoms with van der Waals surface area (Å²) in [6.45, 7) is 9.16. The number of cyclic esters (lactones) is 1. The number of hydrogen-bond donors (Lipinski definition) is 3. The first-order chi connectivity index (χ1) is 16.7. The van der Waals surface area contributed by atoms with E-state index in [1.165, 1.54) is 6.08 Å². The number of carbonyl (C=O) groups excluding carboxylic acids is 2. The molecule has 0 bridgehead atoms. The number of fused-ring (bicyclic) bond motifs is 4. The van der Waals surface area contributed by atoms with E-state index in [0.717, 1.165) is 5.57 Å². The van der Waals surface area contributed by atoms with Crippen LogP contribution >= 0.6 is 11.6 Å². The lowest BCUT2D eigenvalue weighted by atomic mass is 9.41. The van der Waals surface area contributed by atoms with Gasteiger partial charge in [0.2, 0.25) is 0 Å². The number of carbonyl (C=O) groups is 2. The Labute approximate surface area is 216 Å². The number of ketones is 1. The lowest BCUT2D eigenvalue weighted by molar-refractivity contribution is -0.417. The zero-order valence-electron chi connectivity index (χ0n) is 21.6. The lowest BCUT2D eigenvalue weighted by Crippen LogP contribution is -2.78. The molecule has 1 saturated heterocycles. The van der Waals surface area contributed by atoms with Gasteiger partial charge in [-0.15, -0.1) is 11.6 Å². The van der Waals surface area contributed by atoms with Crippen molar-refractivity contribution in [2.75, 3.05) is 0 Å². The number of ether oxygens (including phenoxy) is 2. The number of hydrogen-bond acceptors (Lipinski definition) is 7. The van der Waals surface area contributed by atoms with Gasteiger partial charge < -0.3 is 24.8 Å². The molecular weight excluding hydrogens is 484 g/mol. The van der Waals surface area contributed by atoms with Gasteiger partial charge in [-0.05, 0) is 75.9 Å². The first kappa shape index (κ1) is 25.1. The summed E-state index contributed by atoms with van der Waals surface area (Å²) in [6, 6.07) is 0. The minimum Gasteiger partial charge on any atom is -0.452 e. The Balaban J connectivity index is 1.48. The summed E-state index contributed by atoms with van der Waals surface area (Å²) in [7, 11) is 0. The smallest absolute Gasteiger partial charge is 0.334 e. The molecule has 3 N–H and O–H groups in total. The van der Waals surface area contributed by atoms with Gasteiger partial charge in [-0.2, -0.15) is 0 Å². The van der Waals surface area contributed by atoms with Gasteiger partial charge in [0.1, 0.15) is 6.10 Å². The van der Waals surface area contributed by atoms with Crippen LogP contribution in [0.15, 0.2) is 23.3 Å². The van der Waals surface area contributed by atoms with Gasteiger partial charge in [0.25, 0.3) is 0 Å². The Bertz CT molecular complexity index is 1120. The second-order valence-electron chi connectivity index (χ2n) is 12.8. The maximum Gasteiger partial charge on any atom is 0.334 e. The van der Waals surface area contributed by atoms with E-state index in [1.54, 1.807) is 19.9 Å². The molecule has 0 radical (unpaired) electrons. The van der Waals surface area contributed by atoms with Gasteiger partial charge >= 0.3 is 5.97 Å². The van der Waals surface area contributed by atoms with Crippen molar-refractivity contribution in [3.05, 3.63) is 23.3 Å². The van der Waals surface area contributed by atoms with Crippen molar-refractivity contribution in [3.8, 4) is 0 Å². The molecule has 0 amide bonds. The quantitative estimate of drug-likeness (QED) is 0.360. The zero-order valence-corrected chi connectivity index (χ0v) is 22.3. The largest absolute Gasteiger partial charge is 0.452 e. The maximum absolute atomic E-state index is 13.5. The van der Waals surface area contributed by atoms with Crippen LogP contribution in [0, 0.1) is 34.5 Å². The van der Waals surface area contributed by atoms with Crippen LogP contribution in [0.5, 0.6) is 0 Å². The van der Waals surface area contributed by atoms with Crippen LogP contribution in [0.4, 0.5) is 0 Å². The molecular formula is C28H37ClO7. The van der Waals surface area contributed by atoms with E-state index in [2.05, 4.69) is 0 Å². The highest BCUT2D eigenvalue weighted by Gasteiger charge is 2.80. The molecule has 4 fully saturated rings. The summed E-state index contributed by atoms with van der Waals surface area (Å²) in [6.07, 6.45) is 3.75. The molecule has 7 nitrogen and oxygen atoms in total. The average molecular weight is 521 g/mol. The number of alkyl halides is 1. The average Bonchev–Trinajstić information content (AvgIpc) is 3.25. The number of aliphatic hydroxyl groups is 3. The fourth-order valence-corrected chi connectivity index (χ4v) is 10.0. The summed E-state index contributed by atoms with van der Waals surface area (Å²) < 4.78 is 12.3. The van der Waals surface area contributed by atoms with Crippen molar-refractivity contribution in [1.29, 1.82) is 0 Å². The molecule has 6 rings (SSSR count). The van der Waals surface area contributed by atoms with E-state index in [-0.39, 0.29) is 36.4 Å². The standard InChI is InChI=1S/C28H37ClO7/c1-13-14(2)23(31)35-21(13)22-15(3)26(32)10-8-17-16-11-19(29)27(33)9-6-7-20(30)24(27,4)18(16)12-28(34,36-22)25(17,26)5/h6-7,15-19,21-22,32-34H,8-12H2,1-5H3/t15-,16?,17?,18?,19+,21?,22+,24+,25+,26-,27-,28+/m1/s1. The number of rotatable bonds is 1. The van der Waals surface area contributed by atoms with E-state index >= 15 is 0 Å². The molecule has 4 aliphatic carbocycles. The third-order valence-electron chi connectivity index (χ3n) is 12.1. The molecule has 36 heavy (non-hydrogen) atoms. The Hall–Kier alpha value is -1.25. The summed E-state index contributed by atoms with van der Waals surface area (Å²) >= 11 is 6.87. The van der Waals surface area contributed by atoms with E-state index in [0.29, 0.717) is 24.8 Å². The van der Waals surface area contributed by atoms with Gasteiger partial charge in [-0.1, -0.05) is 19.9 Å². The van der Waals surface area contributed by atoms with Gasteiger partial charge in [0.05, 0.1) is 27.4 Å². The zero-order chi connectivity index (χ0) is 26.2. The van der Waals surface area contributed by atoms with Crippen molar-refractivity contribution >= 4 is 23.4 Å². The van der Waals surface area contributed by atoms with E-state index in [1.807, 2.05) is 20.8 Å². The van der Waals surface area contributed by atoms with E-state index < -0.39 is 57.3 Å². The van der Waals surface area contributed by atoms with E-state index in [4.69, 9.17) is 21.1 Å². The first-order valence-electron chi connectivity index (χ1n) is 13.3. The molecule has 8 heteroatoms. The van der Waals surface area contributed by atoms with Gasteiger partial charge in [0.15, 0.2) is 17.7 Å². The summed E-state index contributed by atoms with van der Waals surface area (Å²) in [4.78, 5) is 25.8. The van der Waals surface area contributed by atoms with Crippen LogP contribution < -0.4 is 0 Å². The number of esters is 1. The predicted molar refractivity (Wildman–Crippen MR) is 131 cm³/mol. The Kier molecular flexibility index (Phi) is 5.03. The number of allylic oxidation sites excluding steroid dienone is 1. The fraction of sp³-hybridized carbons (Fsp3) is 0.786. The van der Waals surface area contributed by atoms with Crippen LogP contribution in [0.1, 0.15) is 66.7 Å². The van der Waals surface area contributed by atoms with Crippen LogP contribution in [-0.4, -0.2) is 61.6 Å². The second kappa shape index (κ2) is 7.23. The fourth-order valence-electron chi connectivity index (χ4n) is 9.53. The van der Waals surface area contributed by atoms with Crippen molar-refractivity contribution < 1.29 is 34.4 Å². The predicted octanol–water partition coefficient (Wildman–Crippen LogP) is 3.03. The van der Waals surface area contributed by atoms with Crippen LogP contribution in [0.3, 0.4) is 0 Å². The highest BCUT2D eigenvalue weighted by Crippen LogP contribution is 2.74. The van der Waals surface area contributed by atoms with E-state index in [9.17, 15) is 24.9 Å². The Morgan fingerprint density at radius 2 is 1.78 bits per heavy atom. The number of halogens is 1. The molecule has 0 aromatic rings. The van der Waals surface area contributed by atoms with Crippen molar-refractivity contribution in [2.24, 2.45) is 34.5 Å². The van der Waals surface area contributed by atoms with Gasteiger partial charge in [-0.3, -0.25) is 4.79 Å². The van der Waals surface area contributed by atoms with Crippen molar-refractivity contribution in [3.63, 3.8) is 0 Å². The maximum atomic E-state index is 13.5. The SMILES string of the molecule is CC1=C(C)C([C@H]2O[C@@]3(O)CC4C(C[C@H](Cl)[C@]5(O)CC=CC(=O)[C@]45C)C4CC[C@@](O)([C@@H]2C)[C@]43C)OC1=O. The van der Waals surface area contributed by atoms with Gasteiger partial charge in [-0.25, -0.2) is 4.79 Å². The lowest BCUT2D eigenvalue weighted by Gasteiger charge is -2.69. The van der Waals surface area contributed by atoms with Crippen LogP contribution in [-0.2, 0) is 19.1 Å².